The van der Waals surface area contributed by atoms with Crippen molar-refractivity contribution in [1.82, 2.24) is 15.3 Å². The molecule has 0 radical (unpaired) electrons. The fourth-order valence-electron chi connectivity index (χ4n) is 4.96. The van der Waals surface area contributed by atoms with E-state index in [4.69, 9.17) is 14.2 Å². The molecule has 3 aromatic carbocycles. The lowest BCUT2D eigenvalue weighted by Gasteiger charge is -2.26. The molecular weight excluding hydrogens is 558 g/mol. The molecule has 5 N–H and O–H groups in total. The Morgan fingerprint density at radius 3 is 2.53 bits per heavy atom. The van der Waals surface area contributed by atoms with Crippen molar-refractivity contribution in [2.75, 3.05) is 31.5 Å². The molecule has 2 atom stereocenters. The largest absolute Gasteiger partial charge is 0.496 e. The van der Waals surface area contributed by atoms with Crippen molar-refractivity contribution in [2.45, 2.75) is 24.9 Å². The number of carboxylic acid groups (broad SMARTS) is 1. The number of rotatable bonds is 6. The number of anilines is 2. The molecule has 2 amide bonds. The molecule has 13 heteroatoms. The number of ether oxygens (including phenoxy) is 3. The van der Waals surface area contributed by atoms with Gasteiger partial charge in [-0.2, -0.15) is 0 Å². The van der Waals surface area contributed by atoms with Crippen LogP contribution in [0.2, 0.25) is 0 Å². The Balaban J connectivity index is 1.64. The smallest absolute Gasteiger partial charge is 0.411 e. The van der Waals surface area contributed by atoms with E-state index >= 15 is 0 Å². The first-order valence-corrected chi connectivity index (χ1v) is 13.3. The number of carboxylic acids is 1. The molecule has 4 bridgehead atoms. The number of nitrogens with zero attached hydrogens (tertiary/aromatic N) is 1. The number of amides is 2. The molecule has 0 spiro atoms. The average Bonchev–Trinajstić information content (AvgIpc) is 2.99. The Hall–Kier alpha value is -5.59. The Morgan fingerprint density at radius 2 is 1.81 bits per heavy atom. The molecule has 13 nitrogen and oxygen atoms in total. The Morgan fingerprint density at radius 1 is 1.05 bits per heavy atom. The monoisotopic (exact) mass is 587 g/mol. The van der Waals surface area contributed by atoms with Crippen LogP contribution in [0.3, 0.4) is 0 Å². The number of hydrogen-bond donors (Lipinski definition) is 5. The Kier molecular flexibility index (Phi) is 8.41. The molecule has 1 unspecified atom stereocenters. The summed E-state index contributed by atoms with van der Waals surface area (Å²) in [6.07, 6.45) is 0.424. The highest BCUT2D eigenvalue weighted by Gasteiger charge is 2.28. The van der Waals surface area contributed by atoms with Gasteiger partial charge in [0.05, 0.1) is 50.5 Å². The summed E-state index contributed by atoms with van der Waals surface area (Å²) >= 11 is 0. The number of aromatic amines is 1. The summed E-state index contributed by atoms with van der Waals surface area (Å²) in [5.74, 6) is -0.933. The second-order valence-corrected chi connectivity index (χ2v) is 9.74. The molecular formula is C30H29N5O8. The van der Waals surface area contributed by atoms with Gasteiger partial charge >= 0.3 is 12.1 Å². The fourth-order valence-corrected chi connectivity index (χ4v) is 4.96. The van der Waals surface area contributed by atoms with Crippen molar-refractivity contribution < 1.29 is 33.7 Å². The van der Waals surface area contributed by atoms with Crippen molar-refractivity contribution in [3.8, 4) is 11.5 Å². The number of aromatic nitrogens is 2. The molecule has 2 aliphatic rings. The standard InChI is InChI=1S/C30H29N5O8/c1-41-24-11-17-12-25(42-2)20(24)8-9-43-30(40)34-18-5-3-4-16(10-18)23(14-26(36)37)35-29(39)27(17)33-19-6-7-22-21(13-19)28(38)32-15-31-22/h3-7,10-13,15,23,27,33H,8-9,14H2,1-2H3,(H,34,40)(H,35,39)(H,36,37)(H,31,32,38)/t23?,27-/m1/s1. The van der Waals surface area contributed by atoms with E-state index in [1.165, 1.54) is 20.5 Å². The number of H-pyrrole nitrogens is 1. The third-order valence-corrected chi connectivity index (χ3v) is 6.99. The van der Waals surface area contributed by atoms with Crippen molar-refractivity contribution in [3.63, 3.8) is 0 Å². The zero-order valence-corrected chi connectivity index (χ0v) is 23.3. The first-order valence-electron chi connectivity index (χ1n) is 13.3. The van der Waals surface area contributed by atoms with Gasteiger partial charge in [0.25, 0.3) is 5.56 Å². The normalized spacial score (nSPS) is 17.0. The second kappa shape index (κ2) is 12.5. The van der Waals surface area contributed by atoms with Gasteiger partial charge < -0.3 is 34.9 Å². The van der Waals surface area contributed by atoms with E-state index in [0.717, 1.165) is 0 Å². The number of carbonyl (C=O) groups excluding carboxylic acids is 2. The van der Waals surface area contributed by atoms with Gasteiger partial charge in [0.2, 0.25) is 5.91 Å². The molecule has 2 aliphatic heterocycles. The maximum atomic E-state index is 14.1. The van der Waals surface area contributed by atoms with E-state index in [1.807, 2.05) is 0 Å². The average molecular weight is 588 g/mol. The molecule has 0 aliphatic carbocycles. The maximum absolute atomic E-state index is 14.1. The lowest BCUT2D eigenvalue weighted by molar-refractivity contribution is -0.137. The summed E-state index contributed by atoms with van der Waals surface area (Å²) < 4.78 is 16.7. The van der Waals surface area contributed by atoms with Crippen LogP contribution >= 0.6 is 0 Å². The summed E-state index contributed by atoms with van der Waals surface area (Å²) in [7, 11) is 2.93. The summed E-state index contributed by atoms with van der Waals surface area (Å²) in [5, 5.41) is 18.6. The van der Waals surface area contributed by atoms with Crippen molar-refractivity contribution in [3.05, 3.63) is 88.0 Å². The zero-order valence-electron chi connectivity index (χ0n) is 23.3. The number of hydrogen-bond acceptors (Lipinski definition) is 9. The van der Waals surface area contributed by atoms with Crippen LogP contribution in [0.1, 0.15) is 35.2 Å². The van der Waals surface area contributed by atoms with E-state index in [9.17, 15) is 24.3 Å². The van der Waals surface area contributed by atoms with E-state index in [1.54, 1.807) is 54.6 Å². The highest BCUT2D eigenvalue weighted by atomic mass is 16.5. The highest BCUT2D eigenvalue weighted by Crippen LogP contribution is 2.35. The number of nitrogens with one attached hydrogen (secondary N) is 4. The maximum Gasteiger partial charge on any atom is 0.411 e. The van der Waals surface area contributed by atoms with Gasteiger partial charge in [-0.05, 0) is 53.6 Å². The molecule has 6 rings (SSSR count). The van der Waals surface area contributed by atoms with Crippen LogP contribution < -0.4 is 31.0 Å². The van der Waals surface area contributed by atoms with E-state index in [0.29, 0.717) is 50.5 Å². The first kappa shape index (κ1) is 28.9. The SMILES string of the molecule is COc1cc2cc(OC)c1CCOC(=O)Nc1cccc(c1)C(CC(=O)O)NC(=O)[C@@H]2Nc1ccc2nc[nH]c(=O)c2c1. The van der Waals surface area contributed by atoms with Crippen LogP contribution in [-0.2, 0) is 20.7 Å². The topological polar surface area (TPSA) is 181 Å². The van der Waals surface area contributed by atoms with Gasteiger partial charge in [-0.3, -0.25) is 19.7 Å². The molecule has 222 valence electrons. The fraction of sp³-hybridized carbons (Fsp3) is 0.233. The van der Waals surface area contributed by atoms with E-state index in [2.05, 4.69) is 25.9 Å². The number of aliphatic carboxylic acids is 1. The summed E-state index contributed by atoms with van der Waals surface area (Å²) in [6.45, 7) is 0.00106. The third-order valence-electron chi connectivity index (χ3n) is 6.99. The minimum atomic E-state index is -1.14. The van der Waals surface area contributed by atoms with Crippen molar-refractivity contribution in [1.29, 1.82) is 0 Å². The van der Waals surface area contributed by atoms with Gasteiger partial charge in [-0.25, -0.2) is 9.78 Å². The lowest BCUT2D eigenvalue weighted by atomic mass is 9.98. The highest BCUT2D eigenvalue weighted by molar-refractivity contribution is 5.89. The molecule has 4 aromatic rings. The van der Waals surface area contributed by atoms with Crippen molar-refractivity contribution >= 4 is 40.2 Å². The van der Waals surface area contributed by atoms with Crippen LogP contribution in [0.5, 0.6) is 11.5 Å². The van der Waals surface area contributed by atoms with Crippen LogP contribution in [-0.4, -0.2) is 53.9 Å². The lowest BCUT2D eigenvalue weighted by Crippen LogP contribution is -2.37. The zero-order chi connectivity index (χ0) is 30.5. The quantitative estimate of drug-likeness (QED) is 0.224. The Bertz CT molecular complexity index is 1730. The van der Waals surface area contributed by atoms with Gasteiger partial charge in [-0.15, -0.1) is 0 Å². The predicted molar refractivity (Wildman–Crippen MR) is 157 cm³/mol. The molecule has 0 saturated heterocycles. The van der Waals surface area contributed by atoms with Gasteiger partial charge in [0.15, 0.2) is 0 Å². The van der Waals surface area contributed by atoms with Crippen molar-refractivity contribution in [2.24, 2.45) is 0 Å². The van der Waals surface area contributed by atoms with Gasteiger partial charge in [0.1, 0.15) is 17.5 Å². The van der Waals surface area contributed by atoms with Gasteiger partial charge in [0, 0.05) is 23.4 Å². The van der Waals surface area contributed by atoms with E-state index < -0.39 is 36.5 Å². The molecule has 0 fully saturated rings. The summed E-state index contributed by atoms with van der Waals surface area (Å²) in [5.41, 5.74) is 2.43. The minimum absolute atomic E-state index is 0.00106. The number of carbonyl (C=O) groups is 3. The molecule has 43 heavy (non-hydrogen) atoms. The first-order chi connectivity index (χ1) is 20.7. The third kappa shape index (κ3) is 6.50. The van der Waals surface area contributed by atoms with Crippen LogP contribution in [0.15, 0.2) is 65.7 Å². The Labute approximate surface area is 245 Å². The molecule has 3 heterocycles. The number of fused-ring (bicyclic) bond motifs is 10. The molecule has 0 saturated carbocycles. The molecule has 1 aromatic heterocycles. The predicted octanol–water partition coefficient (Wildman–Crippen LogP) is 3.53. The van der Waals surface area contributed by atoms with Crippen LogP contribution in [0.25, 0.3) is 10.9 Å². The summed E-state index contributed by atoms with van der Waals surface area (Å²) in [6, 6.07) is 12.7. The van der Waals surface area contributed by atoms with Crippen LogP contribution in [0, 0.1) is 0 Å². The van der Waals surface area contributed by atoms with Crippen LogP contribution in [0.4, 0.5) is 16.2 Å². The van der Waals surface area contributed by atoms with E-state index in [-0.39, 0.29) is 18.6 Å². The number of benzene rings is 3. The number of methoxy groups -OCH3 is 2. The second-order valence-electron chi connectivity index (χ2n) is 9.74. The summed E-state index contributed by atoms with van der Waals surface area (Å²) in [4.78, 5) is 57.5. The minimum Gasteiger partial charge on any atom is -0.496 e. The van der Waals surface area contributed by atoms with Gasteiger partial charge in [-0.1, -0.05) is 12.1 Å².